The van der Waals surface area contributed by atoms with Gasteiger partial charge in [0.25, 0.3) is 0 Å². The zero-order chi connectivity index (χ0) is 14.2. The van der Waals surface area contributed by atoms with Crippen molar-refractivity contribution < 1.29 is 8.78 Å². The van der Waals surface area contributed by atoms with Crippen LogP contribution < -0.4 is 5.32 Å². The first-order chi connectivity index (χ1) is 8.42. The van der Waals surface area contributed by atoms with Crippen LogP contribution in [0.4, 0.5) is 8.78 Å². The predicted octanol–water partition coefficient (Wildman–Crippen LogP) is 4.82. The lowest BCUT2D eigenvalue weighted by atomic mass is 9.93. The van der Waals surface area contributed by atoms with Crippen molar-refractivity contribution in [3.05, 3.63) is 23.4 Å². The molecule has 106 valence electrons. The Hall–Kier alpha value is -0.350. The first-order valence-corrected chi connectivity index (χ1v) is 7.35. The minimum atomic E-state index is -1.36. The molecule has 0 radical (unpaired) electrons. The van der Waals surface area contributed by atoms with Gasteiger partial charge in [-0.3, -0.25) is 0 Å². The summed E-state index contributed by atoms with van der Waals surface area (Å²) in [6.45, 7) is 12.3. The van der Waals surface area contributed by atoms with E-state index in [0.29, 0.717) is 4.91 Å². The Balaban J connectivity index is 0.00000137. The van der Waals surface area contributed by atoms with Gasteiger partial charge in [0.2, 0.25) is 0 Å². The van der Waals surface area contributed by atoms with Gasteiger partial charge in [-0.25, -0.2) is 8.78 Å². The van der Waals surface area contributed by atoms with Gasteiger partial charge in [-0.05, 0) is 45.9 Å². The highest BCUT2D eigenvalue weighted by Gasteiger charge is 2.36. The normalized spacial score (nSPS) is 20.7. The van der Waals surface area contributed by atoms with Gasteiger partial charge < -0.3 is 5.32 Å². The van der Waals surface area contributed by atoms with Gasteiger partial charge in [-0.1, -0.05) is 32.2 Å². The Morgan fingerprint density at radius 2 is 1.89 bits per heavy atom. The summed E-state index contributed by atoms with van der Waals surface area (Å²) in [5, 5.41) is 1.85. The molecule has 1 unspecified atom stereocenters. The Bertz CT molecular complexity index is 278. The summed E-state index contributed by atoms with van der Waals surface area (Å²) in [6.07, 6.45) is 2.93. The molecule has 4 heteroatoms. The van der Waals surface area contributed by atoms with Crippen LogP contribution in [-0.4, -0.2) is 18.1 Å². The molecule has 1 N–H and O–H groups in total. The van der Waals surface area contributed by atoms with E-state index in [9.17, 15) is 8.78 Å². The van der Waals surface area contributed by atoms with E-state index in [1.165, 1.54) is 13.0 Å². The van der Waals surface area contributed by atoms with Crippen LogP contribution in [0.25, 0.3) is 0 Å². The van der Waals surface area contributed by atoms with E-state index in [2.05, 4.69) is 11.9 Å². The highest BCUT2D eigenvalue weighted by atomic mass is 32.2. The second kappa shape index (κ2) is 8.70. The predicted molar refractivity (Wildman–Crippen MR) is 78.1 cm³/mol. The van der Waals surface area contributed by atoms with Crippen LogP contribution in [0.15, 0.2) is 23.4 Å². The average Bonchev–Trinajstić information content (AvgIpc) is 2.31. The van der Waals surface area contributed by atoms with E-state index in [1.807, 2.05) is 13.8 Å². The molecule has 0 bridgehead atoms. The van der Waals surface area contributed by atoms with Crippen molar-refractivity contribution in [3.8, 4) is 0 Å². The third kappa shape index (κ3) is 6.55. The second-order valence-corrected chi connectivity index (χ2v) is 5.84. The van der Waals surface area contributed by atoms with Gasteiger partial charge in [0.05, 0.1) is 5.83 Å². The summed E-state index contributed by atoms with van der Waals surface area (Å²) in [7, 11) is 0. The molecule has 0 aromatic rings. The third-order valence-corrected chi connectivity index (χ3v) is 3.87. The van der Waals surface area contributed by atoms with Crippen molar-refractivity contribution >= 4 is 11.8 Å². The van der Waals surface area contributed by atoms with E-state index in [0.717, 1.165) is 37.7 Å². The number of hydrogen-bond acceptors (Lipinski definition) is 2. The van der Waals surface area contributed by atoms with E-state index < -0.39 is 5.00 Å². The number of alkyl halides is 1. The molecule has 1 nitrogen and oxygen atoms in total. The molecule has 1 atom stereocenters. The summed E-state index contributed by atoms with van der Waals surface area (Å²) < 4.78 is 27.0. The van der Waals surface area contributed by atoms with Gasteiger partial charge in [0, 0.05) is 10.8 Å². The molecule has 1 saturated heterocycles. The fourth-order valence-electron chi connectivity index (χ4n) is 1.93. The minimum absolute atomic E-state index is 0.0174. The summed E-state index contributed by atoms with van der Waals surface area (Å²) in [5.41, 5.74) is 0. The van der Waals surface area contributed by atoms with Crippen LogP contribution in [-0.2, 0) is 0 Å². The molecule has 18 heavy (non-hydrogen) atoms. The quantitative estimate of drug-likeness (QED) is 0.739. The first-order valence-electron chi connectivity index (χ1n) is 6.53. The van der Waals surface area contributed by atoms with Crippen molar-refractivity contribution in [2.24, 2.45) is 5.92 Å². The van der Waals surface area contributed by atoms with Crippen molar-refractivity contribution in [3.63, 3.8) is 0 Å². The molecule has 0 aromatic carbocycles. The summed E-state index contributed by atoms with van der Waals surface area (Å²) in [6, 6.07) is 0. The first kappa shape index (κ1) is 17.6. The monoisotopic (exact) mass is 277 g/mol. The molecule has 0 saturated carbocycles. The molecule has 1 rings (SSSR count). The number of halogens is 2. The maximum Gasteiger partial charge on any atom is 0.160 e. The zero-order valence-corrected chi connectivity index (χ0v) is 12.7. The summed E-state index contributed by atoms with van der Waals surface area (Å²) in [4.78, 5) is 0.448. The van der Waals surface area contributed by atoms with Crippen LogP contribution in [0.1, 0.15) is 40.5 Å². The van der Waals surface area contributed by atoms with Crippen LogP contribution in [0.3, 0.4) is 0 Å². The molecular weight excluding hydrogens is 252 g/mol. The summed E-state index contributed by atoms with van der Waals surface area (Å²) >= 11 is 1.03. The van der Waals surface area contributed by atoms with Crippen LogP contribution in [0.5, 0.6) is 0 Å². The Kier molecular flexibility index (Phi) is 8.53. The zero-order valence-electron chi connectivity index (χ0n) is 11.9. The van der Waals surface area contributed by atoms with Crippen molar-refractivity contribution in [2.75, 3.05) is 13.1 Å². The average molecular weight is 277 g/mol. The standard InChI is InChI=1S/C12H19F2NS.C2H6/c1-9(13)8-10(2)16-12(3,14)11-4-6-15-7-5-11;1-2/h8,11,15H,2,4-7H2,1,3H3;1-2H3/b9-8+;. The van der Waals surface area contributed by atoms with Gasteiger partial charge in [-0.15, -0.1) is 0 Å². The number of rotatable bonds is 4. The maximum atomic E-state index is 14.4. The number of hydrogen-bond donors (Lipinski definition) is 1. The molecule has 1 aliphatic rings. The van der Waals surface area contributed by atoms with Gasteiger partial charge in [0.15, 0.2) is 5.00 Å². The molecule has 0 aliphatic carbocycles. The largest absolute Gasteiger partial charge is 0.317 e. The maximum absolute atomic E-state index is 14.4. The van der Waals surface area contributed by atoms with Crippen molar-refractivity contribution in [1.29, 1.82) is 0 Å². The summed E-state index contributed by atoms with van der Waals surface area (Å²) in [5.74, 6) is -0.317. The lowest BCUT2D eigenvalue weighted by Crippen LogP contribution is -2.36. The SMILES string of the molecule is C=C(/C=C(\C)F)SC(C)(F)C1CCNCC1.CC. The molecule has 0 aromatic heterocycles. The molecule has 1 fully saturated rings. The lowest BCUT2D eigenvalue weighted by molar-refractivity contribution is 0.173. The van der Waals surface area contributed by atoms with Crippen LogP contribution in [0.2, 0.25) is 0 Å². The Morgan fingerprint density at radius 3 is 2.33 bits per heavy atom. The molecular formula is C14H25F2NS. The minimum Gasteiger partial charge on any atom is -0.317 e. The number of piperidine rings is 1. The highest BCUT2D eigenvalue weighted by Crippen LogP contribution is 2.42. The van der Waals surface area contributed by atoms with Crippen molar-refractivity contribution in [2.45, 2.75) is 45.5 Å². The highest BCUT2D eigenvalue weighted by molar-refractivity contribution is 8.04. The number of allylic oxidation sites excluding steroid dienone is 2. The second-order valence-electron chi connectivity index (χ2n) is 4.31. The van der Waals surface area contributed by atoms with E-state index in [4.69, 9.17) is 0 Å². The van der Waals surface area contributed by atoms with Gasteiger partial charge in [-0.2, -0.15) is 0 Å². The topological polar surface area (TPSA) is 12.0 Å². The van der Waals surface area contributed by atoms with Crippen LogP contribution in [0, 0.1) is 5.92 Å². The van der Waals surface area contributed by atoms with E-state index >= 15 is 0 Å². The number of nitrogens with one attached hydrogen (secondary N) is 1. The van der Waals surface area contributed by atoms with Gasteiger partial charge in [0.1, 0.15) is 0 Å². The fourth-order valence-corrected chi connectivity index (χ4v) is 3.06. The van der Waals surface area contributed by atoms with E-state index in [1.54, 1.807) is 6.92 Å². The molecule has 1 heterocycles. The Labute approximate surface area is 114 Å². The molecule has 0 amide bonds. The fraction of sp³-hybridized carbons (Fsp3) is 0.714. The molecule has 1 aliphatic heterocycles. The third-order valence-electron chi connectivity index (χ3n) is 2.76. The molecule has 0 spiro atoms. The van der Waals surface area contributed by atoms with Crippen molar-refractivity contribution in [1.82, 2.24) is 5.32 Å². The van der Waals surface area contributed by atoms with Crippen LogP contribution >= 0.6 is 11.8 Å². The van der Waals surface area contributed by atoms with Gasteiger partial charge >= 0.3 is 0 Å². The number of thioether (sulfide) groups is 1. The van der Waals surface area contributed by atoms with E-state index in [-0.39, 0.29) is 11.7 Å². The lowest BCUT2D eigenvalue weighted by Gasteiger charge is -2.33. The Morgan fingerprint density at radius 1 is 1.39 bits per heavy atom. The smallest absolute Gasteiger partial charge is 0.160 e.